The Balaban J connectivity index is 2.50. The molecule has 0 radical (unpaired) electrons. The van der Waals surface area contributed by atoms with E-state index in [9.17, 15) is 4.79 Å². The van der Waals surface area contributed by atoms with E-state index in [-0.39, 0.29) is 5.69 Å². The van der Waals surface area contributed by atoms with E-state index in [0.29, 0.717) is 15.7 Å². The van der Waals surface area contributed by atoms with E-state index in [1.54, 1.807) is 18.2 Å². The molecule has 0 saturated carbocycles. The summed E-state index contributed by atoms with van der Waals surface area (Å²) in [6, 6.07) is 6.28. The van der Waals surface area contributed by atoms with Gasteiger partial charge in [0, 0.05) is 11.2 Å². The first-order chi connectivity index (χ1) is 7.58. The van der Waals surface area contributed by atoms with Crippen LogP contribution in [0.15, 0.2) is 30.5 Å². The number of hydrogen-bond acceptors (Lipinski definition) is 2. The summed E-state index contributed by atoms with van der Waals surface area (Å²) in [5.74, 6) is -1.09. The molecule has 1 N–H and O–H groups in total. The van der Waals surface area contributed by atoms with Crippen LogP contribution in [0.2, 0.25) is 10.0 Å². The Kier molecular flexibility index (Phi) is 2.85. The number of benzene rings is 1. The lowest BCUT2D eigenvalue weighted by molar-refractivity contribution is 0.0690. The Labute approximate surface area is 101 Å². The fraction of sp³-hybridized carbons (Fsp3) is 0. The van der Waals surface area contributed by atoms with Gasteiger partial charge in [-0.1, -0.05) is 23.2 Å². The summed E-state index contributed by atoms with van der Waals surface area (Å²) >= 11 is 11.8. The van der Waals surface area contributed by atoms with Crippen LogP contribution in [0.25, 0.3) is 5.69 Å². The van der Waals surface area contributed by atoms with Crippen LogP contribution in [0.4, 0.5) is 0 Å². The number of aromatic nitrogens is 2. The number of halogens is 2. The summed E-state index contributed by atoms with van der Waals surface area (Å²) in [6.45, 7) is 0. The highest BCUT2D eigenvalue weighted by molar-refractivity contribution is 6.34. The molecular weight excluding hydrogens is 251 g/mol. The van der Waals surface area contributed by atoms with Crippen molar-refractivity contribution in [3.05, 3.63) is 46.2 Å². The third-order valence-electron chi connectivity index (χ3n) is 1.96. The Bertz CT molecular complexity index is 552. The molecule has 0 saturated heterocycles. The number of rotatable bonds is 2. The Morgan fingerprint density at radius 3 is 2.69 bits per heavy atom. The van der Waals surface area contributed by atoms with Gasteiger partial charge in [0.15, 0.2) is 5.69 Å². The average molecular weight is 257 g/mol. The van der Waals surface area contributed by atoms with Crippen LogP contribution in [0.5, 0.6) is 0 Å². The van der Waals surface area contributed by atoms with Crippen LogP contribution in [-0.2, 0) is 0 Å². The molecule has 2 aromatic rings. The first-order valence-corrected chi connectivity index (χ1v) is 5.08. The lowest BCUT2D eigenvalue weighted by Crippen LogP contribution is -2.01. The van der Waals surface area contributed by atoms with Gasteiger partial charge in [-0.3, -0.25) is 0 Å². The minimum atomic E-state index is -1.09. The van der Waals surface area contributed by atoms with E-state index in [2.05, 4.69) is 5.10 Å². The molecule has 4 nitrogen and oxygen atoms in total. The van der Waals surface area contributed by atoms with Gasteiger partial charge < -0.3 is 5.11 Å². The second-order valence-corrected chi connectivity index (χ2v) is 3.89. The highest BCUT2D eigenvalue weighted by Crippen LogP contribution is 2.23. The van der Waals surface area contributed by atoms with Crippen LogP contribution in [0.1, 0.15) is 10.5 Å². The maximum Gasteiger partial charge on any atom is 0.356 e. The van der Waals surface area contributed by atoms with Crippen molar-refractivity contribution in [3.63, 3.8) is 0 Å². The van der Waals surface area contributed by atoms with Gasteiger partial charge in [0.2, 0.25) is 0 Å². The van der Waals surface area contributed by atoms with Crippen molar-refractivity contribution in [2.45, 2.75) is 0 Å². The van der Waals surface area contributed by atoms with E-state index in [4.69, 9.17) is 28.3 Å². The van der Waals surface area contributed by atoms with Gasteiger partial charge in [0.05, 0.1) is 10.7 Å². The van der Waals surface area contributed by atoms with E-state index < -0.39 is 5.97 Å². The third-order valence-corrected chi connectivity index (χ3v) is 2.52. The predicted octanol–water partition coefficient (Wildman–Crippen LogP) is 2.88. The minimum Gasteiger partial charge on any atom is -0.476 e. The second kappa shape index (κ2) is 4.15. The summed E-state index contributed by atoms with van der Waals surface area (Å²) in [4.78, 5) is 10.7. The highest BCUT2D eigenvalue weighted by Gasteiger charge is 2.10. The molecule has 0 aliphatic carbocycles. The minimum absolute atomic E-state index is 0.0453. The maximum absolute atomic E-state index is 10.7. The van der Waals surface area contributed by atoms with Crippen molar-refractivity contribution < 1.29 is 9.90 Å². The van der Waals surface area contributed by atoms with Crippen LogP contribution < -0.4 is 0 Å². The fourth-order valence-corrected chi connectivity index (χ4v) is 1.60. The van der Waals surface area contributed by atoms with Gasteiger partial charge >= 0.3 is 5.97 Å². The smallest absolute Gasteiger partial charge is 0.356 e. The summed E-state index contributed by atoms with van der Waals surface area (Å²) in [5, 5.41) is 13.5. The first kappa shape index (κ1) is 11.0. The normalized spacial score (nSPS) is 10.4. The number of nitrogens with zero attached hydrogens (tertiary/aromatic N) is 2. The standard InChI is InChI=1S/C10H6Cl2N2O2/c11-6-1-2-7(12)9(5-6)14-4-3-8(13-14)10(15)16/h1-5H,(H,15,16). The van der Waals surface area contributed by atoms with Gasteiger partial charge in [-0.25, -0.2) is 9.48 Å². The second-order valence-electron chi connectivity index (χ2n) is 3.05. The van der Waals surface area contributed by atoms with Gasteiger partial charge in [-0.2, -0.15) is 5.10 Å². The quantitative estimate of drug-likeness (QED) is 0.899. The molecular formula is C10H6Cl2N2O2. The summed E-state index contributed by atoms with van der Waals surface area (Å²) in [5.41, 5.74) is 0.498. The lowest BCUT2D eigenvalue weighted by atomic mass is 10.3. The molecule has 0 bridgehead atoms. The molecule has 0 amide bonds. The predicted molar refractivity (Wildman–Crippen MR) is 60.5 cm³/mol. The highest BCUT2D eigenvalue weighted by atomic mass is 35.5. The van der Waals surface area contributed by atoms with Crippen molar-refractivity contribution in [2.75, 3.05) is 0 Å². The van der Waals surface area contributed by atoms with Gasteiger partial charge in [-0.15, -0.1) is 0 Å². The van der Waals surface area contributed by atoms with Crippen molar-refractivity contribution in [2.24, 2.45) is 0 Å². The molecule has 0 aliphatic heterocycles. The number of hydrogen-bond donors (Lipinski definition) is 1. The molecule has 0 aliphatic rings. The summed E-state index contributed by atoms with van der Waals surface area (Å²) in [6.07, 6.45) is 1.51. The number of aromatic carboxylic acids is 1. The SMILES string of the molecule is O=C(O)c1ccn(-c2cc(Cl)ccc2Cl)n1. The average Bonchev–Trinajstić information content (AvgIpc) is 2.70. The molecule has 0 unspecified atom stereocenters. The lowest BCUT2D eigenvalue weighted by Gasteiger charge is -2.04. The zero-order valence-electron chi connectivity index (χ0n) is 7.89. The van der Waals surface area contributed by atoms with Crippen LogP contribution in [0, 0.1) is 0 Å². The summed E-state index contributed by atoms with van der Waals surface area (Å²) in [7, 11) is 0. The van der Waals surface area contributed by atoms with Crippen molar-refractivity contribution in [3.8, 4) is 5.69 Å². The fourth-order valence-electron chi connectivity index (χ4n) is 1.23. The number of carboxylic acids is 1. The van der Waals surface area contributed by atoms with Crippen LogP contribution in [0.3, 0.4) is 0 Å². The van der Waals surface area contributed by atoms with Gasteiger partial charge in [-0.05, 0) is 24.3 Å². The van der Waals surface area contributed by atoms with Crippen LogP contribution in [-0.4, -0.2) is 20.9 Å². The third kappa shape index (κ3) is 2.03. The molecule has 6 heteroatoms. The van der Waals surface area contributed by atoms with E-state index >= 15 is 0 Å². The first-order valence-electron chi connectivity index (χ1n) is 4.32. The zero-order chi connectivity index (χ0) is 11.7. The number of carbonyl (C=O) groups is 1. The zero-order valence-corrected chi connectivity index (χ0v) is 9.40. The number of carboxylic acid groups (broad SMARTS) is 1. The Morgan fingerprint density at radius 2 is 2.06 bits per heavy atom. The van der Waals surface area contributed by atoms with Gasteiger partial charge in [0.25, 0.3) is 0 Å². The maximum atomic E-state index is 10.7. The monoisotopic (exact) mass is 256 g/mol. The van der Waals surface area contributed by atoms with Crippen molar-refractivity contribution in [1.82, 2.24) is 9.78 Å². The van der Waals surface area contributed by atoms with E-state index in [0.717, 1.165) is 0 Å². The van der Waals surface area contributed by atoms with Gasteiger partial charge in [0.1, 0.15) is 0 Å². The molecule has 1 aromatic heterocycles. The van der Waals surface area contributed by atoms with Crippen molar-refractivity contribution in [1.29, 1.82) is 0 Å². The van der Waals surface area contributed by atoms with Crippen molar-refractivity contribution >= 4 is 29.2 Å². The Hall–Kier alpha value is -1.52. The largest absolute Gasteiger partial charge is 0.476 e. The molecule has 2 rings (SSSR count). The molecule has 1 aromatic carbocycles. The topological polar surface area (TPSA) is 55.1 Å². The molecule has 82 valence electrons. The van der Waals surface area contributed by atoms with Crippen LogP contribution >= 0.6 is 23.2 Å². The molecule has 0 spiro atoms. The van der Waals surface area contributed by atoms with E-state index in [1.165, 1.54) is 16.9 Å². The van der Waals surface area contributed by atoms with E-state index in [1.807, 2.05) is 0 Å². The molecule has 0 fully saturated rings. The molecule has 1 heterocycles. The molecule has 0 atom stereocenters. The summed E-state index contributed by atoms with van der Waals surface area (Å²) < 4.78 is 1.37. The Morgan fingerprint density at radius 1 is 1.31 bits per heavy atom. The molecule has 16 heavy (non-hydrogen) atoms.